The van der Waals surface area contributed by atoms with Crippen molar-refractivity contribution in [2.45, 2.75) is 19.6 Å². The molecule has 0 saturated heterocycles. The molecule has 6 heteroatoms. The number of carbonyl (C=O) groups excluding carboxylic acids is 2. The maximum absolute atomic E-state index is 12.4. The molecule has 0 radical (unpaired) electrons. The number of hydrogen-bond donors (Lipinski definition) is 1. The van der Waals surface area contributed by atoms with Crippen LogP contribution >= 0.6 is 11.3 Å². The van der Waals surface area contributed by atoms with Crippen LogP contribution in [0.3, 0.4) is 0 Å². The number of nitrogens with zero attached hydrogens (tertiary/aromatic N) is 1. The molecule has 1 aliphatic rings. The molecule has 1 unspecified atom stereocenters. The Bertz CT molecular complexity index is 1030. The lowest BCUT2D eigenvalue weighted by Gasteiger charge is -2.24. The number of benzene rings is 2. The highest BCUT2D eigenvalue weighted by Crippen LogP contribution is 2.30. The molecule has 1 amide bonds. The predicted molar refractivity (Wildman–Crippen MR) is 118 cm³/mol. The Morgan fingerprint density at radius 2 is 1.90 bits per heavy atom. The van der Waals surface area contributed by atoms with Crippen LogP contribution in [0.4, 0.5) is 0 Å². The van der Waals surface area contributed by atoms with Crippen LogP contribution in [0.15, 0.2) is 66.0 Å². The summed E-state index contributed by atoms with van der Waals surface area (Å²) >= 11 is 1.30. The summed E-state index contributed by atoms with van der Waals surface area (Å²) < 4.78 is 6.34. The number of rotatable bonds is 6. The molecule has 0 spiro atoms. The summed E-state index contributed by atoms with van der Waals surface area (Å²) in [4.78, 5) is 26.8. The molecule has 1 aromatic heterocycles. The van der Waals surface area contributed by atoms with Gasteiger partial charge in [0.15, 0.2) is 5.78 Å². The van der Waals surface area contributed by atoms with E-state index in [2.05, 4.69) is 28.4 Å². The van der Waals surface area contributed by atoms with Gasteiger partial charge in [0.2, 0.25) is 0 Å². The smallest absolute Gasteiger partial charge is 0.252 e. The standard InChI is InChI=1S/C24H24N2O3S/c1-17(27)23-13-20(16-30-23)24(28)25-11-12-26-14-19-9-5-6-10-21(19)29-22(15-26)18-7-3-2-4-8-18/h2-10,13,16,22H,11-12,14-15H2,1H3,(H,25,28). The van der Waals surface area contributed by atoms with Crippen molar-refractivity contribution in [1.82, 2.24) is 10.2 Å². The van der Waals surface area contributed by atoms with Crippen LogP contribution in [0.1, 0.15) is 44.2 Å². The zero-order valence-electron chi connectivity index (χ0n) is 16.8. The van der Waals surface area contributed by atoms with Gasteiger partial charge in [-0.05, 0) is 24.6 Å². The van der Waals surface area contributed by atoms with Gasteiger partial charge in [-0.1, -0.05) is 48.5 Å². The second kappa shape index (κ2) is 9.24. The molecule has 1 aliphatic heterocycles. The van der Waals surface area contributed by atoms with Crippen molar-refractivity contribution < 1.29 is 14.3 Å². The highest BCUT2D eigenvalue weighted by Gasteiger charge is 2.24. The van der Waals surface area contributed by atoms with E-state index < -0.39 is 0 Å². The van der Waals surface area contributed by atoms with Gasteiger partial charge in [0.1, 0.15) is 11.9 Å². The maximum atomic E-state index is 12.4. The second-order valence-corrected chi connectivity index (χ2v) is 8.28. The third-order valence-electron chi connectivity index (χ3n) is 5.15. The third kappa shape index (κ3) is 4.78. The van der Waals surface area contributed by atoms with Gasteiger partial charge < -0.3 is 10.1 Å². The number of thiophene rings is 1. The van der Waals surface area contributed by atoms with Gasteiger partial charge in [-0.25, -0.2) is 0 Å². The third-order valence-corrected chi connectivity index (χ3v) is 6.18. The summed E-state index contributed by atoms with van der Waals surface area (Å²) in [6, 6.07) is 20.0. The van der Waals surface area contributed by atoms with Crippen molar-refractivity contribution in [2.75, 3.05) is 19.6 Å². The molecule has 4 rings (SSSR count). The fraction of sp³-hybridized carbons (Fsp3) is 0.250. The maximum Gasteiger partial charge on any atom is 0.252 e. The second-order valence-electron chi connectivity index (χ2n) is 7.37. The van der Waals surface area contributed by atoms with Crippen LogP contribution in [0.5, 0.6) is 5.75 Å². The lowest BCUT2D eigenvalue weighted by atomic mass is 10.1. The Morgan fingerprint density at radius 1 is 1.13 bits per heavy atom. The fourth-order valence-corrected chi connectivity index (χ4v) is 4.35. The van der Waals surface area contributed by atoms with Crippen molar-refractivity contribution >= 4 is 23.0 Å². The van der Waals surface area contributed by atoms with Gasteiger partial charge in [0.05, 0.1) is 10.4 Å². The molecular formula is C24H24N2O3S. The van der Waals surface area contributed by atoms with E-state index in [4.69, 9.17) is 4.74 Å². The number of hydrogen-bond acceptors (Lipinski definition) is 5. The van der Waals surface area contributed by atoms with Crippen LogP contribution in [0, 0.1) is 0 Å². The lowest BCUT2D eigenvalue weighted by Crippen LogP contribution is -2.36. The molecule has 0 bridgehead atoms. The van der Waals surface area contributed by atoms with E-state index in [0.717, 1.165) is 30.0 Å². The number of para-hydroxylation sites is 1. The van der Waals surface area contributed by atoms with Crippen LogP contribution in [-0.4, -0.2) is 36.2 Å². The van der Waals surface area contributed by atoms with Gasteiger partial charge in [0.25, 0.3) is 5.91 Å². The number of fused-ring (bicyclic) bond motifs is 1. The van der Waals surface area contributed by atoms with Gasteiger partial charge in [-0.2, -0.15) is 0 Å². The molecule has 2 heterocycles. The number of ether oxygens (including phenoxy) is 1. The Labute approximate surface area is 180 Å². The van der Waals surface area contributed by atoms with E-state index in [1.165, 1.54) is 18.3 Å². The monoisotopic (exact) mass is 420 g/mol. The van der Waals surface area contributed by atoms with Crippen molar-refractivity contribution in [2.24, 2.45) is 0 Å². The summed E-state index contributed by atoms with van der Waals surface area (Å²) in [6.45, 7) is 4.24. The SMILES string of the molecule is CC(=O)c1cc(C(=O)NCCN2Cc3ccccc3OC(c3ccccc3)C2)cs1. The first-order chi connectivity index (χ1) is 14.6. The van der Waals surface area contributed by atoms with E-state index in [0.29, 0.717) is 23.5 Å². The molecule has 1 N–H and O–H groups in total. The van der Waals surface area contributed by atoms with Crippen molar-refractivity contribution in [1.29, 1.82) is 0 Å². The van der Waals surface area contributed by atoms with Crippen LogP contribution in [0.2, 0.25) is 0 Å². The van der Waals surface area contributed by atoms with Gasteiger partial charge >= 0.3 is 0 Å². The highest BCUT2D eigenvalue weighted by atomic mass is 32.1. The summed E-state index contributed by atoms with van der Waals surface area (Å²) in [5, 5.41) is 4.70. The summed E-state index contributed by atoms with van der Waals surface area (Å²) in [6.07, 6.45) is -0.0689. The van der Waals surface area contributed by atoms with Gasteiger partial charge in [0, 0.05) is 37.1 Å². The molecular weight excluding hydrogens is 396 g/mol. The Morgan fingerprint density at radius 3 is 2.67 bits per heavy atom. The minimum Gasteiger partial charge on any atom is -0.484 e. The van der Waals surface area contributed by atoms with Gasteiger partial charge in [-0.3, -0.25) is 14.5 Å². The first-order valence-electron chi connectivity index (χ1n) is 9.99. The number of ketones is 1. The zero-order chi connectivity index (χ0) is 20.9. The molecule has 2 aromatic carbocycles. The van der Waals surface area contributed by atoms with Gasteiger partial charge in [-0.15, -0.1) is 11.3 Å². The number of amides is 1. The van der Waals surface area contributed by atoms with Crippen LogP contribution in [0.25, 0.3) is 0 Å². The number of carbonyl (C=O) groups is 2. The van der Waals surface area contributed by atoms with E-state index >= 15 is 0 Å². The molecule has 0 aliphatic carbocycles. The van der Waals surface area contributed by atoms with Crippen molar-refractivity contribution in [3.63, 3.8) is 0 Å². The van der Waals surface area contributed by atoms with E-state index in [1.807, 2.05) is 36.4 Å². The highest BCUT2D eigenvalue weighted by molar-refractivity contribution is 7.12. The molecule has 0 fully saturated rings. The summed E-state index contributed by atoms with van der Waals surface area (Å²) in [7, 11) is 0. The summed E-state index contributed by atoms with van der Waals surface area (Å²) in [5.41, 5.74) is 2.82. The van der Waals surface area contributed by atoms with Crippen molar-refractivity contribution in [3.05, 3.63) is 87.6 Å². The molecule has 154 valence electrons. The first-order valence-corrected chi connectivity index (χ1v) is 10.9. The Balaban J connectivity index is 1.42. The average molecular weight is 421 g/mol. The average Bonchev–Trinajstić information content (AvgIpc) is 3.18. The number of nitrogens with one attached hydrogen (secondary N) is 1. The van der Waals surface area contributed by atoms with E-state index in [-0.39, 0.29) is 17.8 Å². The quantitative estimate of drug-likeness (QED) is 0.604. The normalized spacial score (nSPS) is 16.2. The van der Waals surface area contributed by atoms with Crippen LogP contribution in [-0.2, 0) is 6.54 Å². The van der Waals surface area contributed by atoms with Crippen LogP contribution < -0.4 is 10.1 Å². The Kier molecular flexibility index (Phi) is 6.26. The lowest BCUT2D eigenvalue weighted by molar-refractivity contribution is 0.0943. The summed E-state index contributed by atoms with van der Waals surface area (Å²) in [5.74, 6) is 0.743. The first kappa shape index (κ1) is 20.3. The molecule has 1 atom stereocenters. The van der Waals surface area contributed by atoms with Crippen molar-refractivity contribution in [3.8, 4) is 5.75 Å². The predicted octanol–water partition coefficient (Wildman–Crippen LogP) is 4.32. The molecule has 3 aromatic rings. The molecule has 5 nitrogen and oxygen atoms in total. The molecule has 0 saturated carbocycles. The zero-order valence-corrected chi connectivity index (χ0v) is 17.7. The Hall–Kier alpha value is -2.96. The van der Waals surface area contributed by atoms with E-state index in [9.17, 15) is 9.59 Å². The number of Topliss-reactive ketones (excluding diaryl/α,β-unsaturated/α-hetero) is 1. The minimum absolute atomic E-state index is 0.0192. The fourth-order valence-electron chi connectivity index (χ4n) is 3.56. The molecule has 30 heavy (non-hydrogen) atoms. The minimum atomic E-state index is -0.148. The van der Waals surface area contributed by atoms with E-state index in [1.54, 1.807) is 11.4 Å². The largest absolute Gasteiger partial charge is 0.484 e. The topological polar surface area (TPSA) is 58.6 Å².